The third kappa shape index (κ3) is 6.39. The number of aldehydes is 1. The van der Waals surface area contributed by atoms with Crippen LogP contribution in [0.4, 0.5) is 5.69 Å². The van der Waals surface area contributed by atoms with Gasteiger partial charge in [-0.05, 0) is 36.9 Å². The van der Waals surface area contributed by atoms with Crippen molar-refractivity contribution in [3.05, 3.63) is 87.9 Å². The fourth-order valence-corrected chi connectivity index (χ4v) is 3.93. The highest BCUT2D eigenvalue weighted by molar-refractivity contribution is 9.10. The van der Waals surface area contributed by atoms with E-state index in [1.54, 1.807) is 11.8 Å². The van der Waals surface area contributed by atoms with Crippen LogP contribution in [0.25, 0.3) is 0 Å². The van der Waals surface area contributed by atoms with Crippen LogP contribution in [0.3, 0.4) is 0 Å². The van der Waals surface area contributed by atoms with E-state index in [1.807, 2.05) is 49.4 Å². The Bertz CT molecular complexity index is 998. The summed E-state index contributed by atoms with van der Waals surface area (Å²) >= 11 is 5.16. The molecule has 156 valence electrons. The molecule has 4 rings (SSSR count). The molecule has 1 aliphatic heterocycles. The second-order valence-corrected chi connectivity index (χ2v) is 8.53. The molecule has 0 unspecified atom stereocenters. The van der Waals surface area contributed by atoms with Crippen molar-refractivity contribution >= 4 is 45.4 Å². The summed E-state index contributed by atoms with van der Waals surface area (Å²) in [7, 11) is 0. The molecule has 1 heterocycles. The van der Waals surface area contributed by atoms with Crippen LogP contribution in [0.15, 0.2) is 86.0 Å². The summed E-state index contributed by atoms with van der Waals surface area (Å²) in [5, 5.41) is 0. The van der Waals surface area contributed by atoms with Crippen LogP contribution in [0, 0.1) is 0 Å². The fraction of sp³-hybridized carbons (Fsp3) is 0.200. The number of fused-ring (bicyclic) bond motifs is 2. The molecular weight excluding hydrogens is 456 g/mol. The van der Waals surface area contributed by atoms with Crippen LogP contribution >= 0.6 is 27.7 Å². The molecule has 1 aliphatic rings. The highest BCUT2D eigenvalue weighted by Gasteiger charge is 2.18. The summed E-state index contributed by atoms with van der Waals surface area (Å²) in [5.41, 5.74) is 9.40. The zero-order chi connectivity index (χ0) is 21.9. The summed E-state index contributed by atoms with van der Waals surface area (Å²) in [6, 6.07) is 22.1. The fourth-order valence-electron chi connectivity index (χ4n) is 2.66. The van der Waals surface area contributed by atoms with Gasteiger partial charge in [0.2, 0.25) is 0 Å². The maximum atomic E-state index is 11.1. The van der Waals surface area contributed by atoms with Gasteiger partial charge in [0, 0.05) is 31.0 Å². The maximum absolute atomic E-state index is 11.1. The molecule has 0 atom stereocenters. The molecule has 5 heteroatoms. The average molecular weight is 483 g/mol. The van der Waals surface area contributed by atoms with Crippen LogP contribution in [-0.4, -0.2) is 18.5 Å². The quantitative estimate of drug-likeness (QED) is 0.305. The predicted molar refractivity (Wildman–Crippen MR) is 133 cm³/mol. The van der Waals surface area contributed by atoms with Crippen LogP contribution in [-0.2, 0) is 0 Å². The van der Waals surface area contributed by atoms with Gasteiger partial charge < -0.3 is 5.73 Å². The van der Waals surface area contributed by atoms with E-state index >= 15 is 0 Å². The van der Waals surface area contributed by atoms with Gasteiger partial charge in [0.25, 0.3) is 0 Å². The molecule has 30 heavy (non-hydrogen) atoms. The van der Waals surface area contributed by atoms with Gasteiger partial charge >= 0.3 is 0 Å². The van der Waals surface area contributed by atoms with Gasteiger partial charge in [-0.15, -0.1) is 0 Å². The molecule has 3 aromatic carbocycles. The highest BCUT2D eigenvalue weighted by atomic mass is 79.9. The first kappa shape index (κ1) is 24.1. The van der Waals surface area contributed by atoms with E-state index < -0.39 is 0 Å². The van der Waals surface area contributed by atoms with Gasteiger partial charge in [-0.2, -0.15) is 0 Å². The second-order valence-electron chi connectivity index (χ2n) is 6.53. The highest BCUT2D eigenvalue weighted by Crippen LogP contribution is 2.41. The van der Waals surface area contributed by atoms with Crippen LogP contribution in [0.1, 0.15) is 48.7 Å². The lowest BCUT2D eigenvalue weighted by molar-refractivity contribution is 0.112. The first-order chi connectivity index (χ1) is 14.6. The second kappa shape index (κ2) is 12.5. The monoisotopic (exact) mass is 482 g/mol. The molecule has 0 aliphatic carbocycles. The van der Waals surface area contributed by atoms with E-state index in [0.29, 0.717) is 5.56 Å². The van der Waals surface area contributed by atoms with Crippen LogP contribution in [0.5, 0.6) is 0 Å². The molecule has 0 saturated heterocycles. The lowest BCUT2D eigenvalue weighted by Crippen LogP contribution is -2.03. The van der Waals surface area contributed by atoms with Gasteiger partial charge in [-0.3, -0.25) is 4.79 Å². The topological polar surface area (TPSA) is 55.5 Å². The molecular formula is C25H27BrN2OS. The molecule has 0 spiro atoms. The normalized spacial score (nSPS) is 11.3. The van der Waals surface area contributed by atoms with Crippen molar-refractivity contribution in [1.82, 2.24) is 0 Å². The Kier molecular flexibility index (Phi) is 10.0. The summed E-state index contributed by atoms with van der Waals surface area (Å²) < 4.78 is 1.03. The SMILES string of the molecule is CCC.CCN.O=Cc1ccc2c(c1)N=C(c1ccc(Br)cc1)c1ccccc1S2. The molecule has 3 nitrogen and oxygen atoms in total. The molecule has 0 radical (unpaired) electrons. The van der Waals surface area contributed by atoms with Crippen molar-refractivity contribution < 1.29 is 4.79 Å². The van der Waals surface area contributed by atoms with Gasteiger partial charge in [-0.25, -0.2) is 4.99 Å². The number of hydrogen-bond acceptors (Lipinski definition) is 4. The summed E-state index contributed by atoms with van der Waals surface area (Å²) in [6.45, 7) is 6.90. The number of carbonyl (C=O) groups is 1. The van der Waals surface area contributed by atoms with Crippen molar-refractivity contribution in [2.75, 3.05) is 6.54 Å². The molecule has 0 saturated carbocycles. The Balaban J connectivity index is 0.000000480. The van der Waals surface area contributed by atoms with E-state index in [4.69, 9.17) is 10.7 Å². The van der Waals surface area contributed by atoms with Crippen molar-refractivity contribution in [2.24, 2.45) is 10.7 Å². The molecule has 0 aromatic heterocycles. The summed E-state index contributed by atoms with van der Waals surface area (Å²) in [5.74, 6) is 0. The first-order valence-electron chi connectivity index (χ1n) is 9.99. The van der Waals surface area contributed by atoms with Crippen molar-refractivity contribution in [2.45, 2.75) is 37.0 Å². The Morgan fingerprint density at radius 3 is 2.23 bits per heavy atom. The Labute approximate surface area is 191 Å². The van der Waals surface area contributed by atoms with Gasteiger partial charge in [0.05, 0.1) is 11.4 Å². The van der Waals surface area contributed by atoms with E-state index in [1.165, 1.54) is 6.42 Å². The standard InChI is InChI=1S/C20H12BrNOS.C3H8.C2H7N/c21-15-8-6-14(7-9-15)20-16-3-1-2-4-18(16)24-19-10-5-13(12-23)11-17(19)22-20;1-3-2;1-2-3/h1-12H;3H2,1-2H3;2-3H2,1H3. The minimum absolute atomic E-state index is 0.638. The van der Waals surface area contributed by atoms with Crippen molar-refractivity contribution in [3.63, 3.8) is 0 Å². The Morgan fingerprint density at radius 1 is 0.967 bits per heavy atom. The van der Waals surface area contributed by atoms with E-state index in [-0.39, 0.29) is 0 Å². The number of benzene rings is 3. The molecule has 0 bridgehead atoms. The van der Waals surface area contributed by atoms with Crippen LogP contribution < -0.4 is 5.73 Å². The summed E-state index contributed by atoms with van der Waals surface area (Å²) in [4.78, 5) is 18.3. The van der Waals surface area contributed by atoms with Gasteiger partial charge in [-0.1, -0.05) is 91.3 Å². The smallest absolute Gasteiger partial charge is 0.150 e. The number of carbonyl (C=O) groups excluding carboxylic acids is 1. The number of nitrogens with zero attached hydrogens (tertiary/aromatic N) is 1. The third-order valence-corrected chi connectivity index (χ3v) is 5.50. The predicted octanol–water partition coefficient (Wildman–Crippen LogP) is 7.28. The first-order valence-corrected chi connectivity index (χ1v) is 11.6. The van der Waals surface area contributed by atoms with Crippen molar-refractivity contribution in [1.29, 1.82) is 0 Å². The number of halogens is 1. The van der Waals surface area contributed by atoms with E-state index in [9.17, 15) is 4.79 Å². The Hall–Kier alpha value is -2.21. The minimum atomic E-state index is 0.638. The third-order valence-electron chi connectivity index (χ3n) is 3.83. The molecule has 0 fully saturated rings. The zero-order valence-corrected chi connectivity index (χ0v) is 20.0. The average Bonchev–Trinajstić information content (AvgIpc) is 2.91. The molecule has 3 aromatic rings. The number of nitrogens with two attached hydrogens (primary N) is 1. The van der Waals surface area contributed by atoms with E-state index in [2.05, 4.69) is 54.0 Å². The van der Waals surface area contributed by atoms with Crippen LogP contribution in [0.2, 0.25) is 0 Å². The Morgan fingerprint density at radius 2 is 1.60 bits per heavy atom. The van der Waals surface area contributed by atoms with Gasteiger partial charge in [0.1, 0.15) is 6.29 Å². The molecule has 0 amide bonds. The number of rotatable bonds is 2. The minimum Gasteiger partial charge on any atom is -0.331 e. The van der Waals surface area contributed by atoms with E-state index in [0.717, 1.165) is 49.6 Å². The maximum Gasteiger partial charge on any atom is 0.150 e. The number of hydrogen-bond donors (Lipinski definition) is 1. The molecule has 2 N–H and O–H groups in total. The van der Waals surface area contributed by atoms with Gasteiger partial charge in [0.15, 0.2) is 0 Å². The van der Waals surface area contributed by atoms with Crippen molar-refractivity contribution in [3.8, 4) is 0 Å². The number of aliphatic imine (C=N–C) groups is 1. The summed E-state index contributed by atoms with van der Waals surface area (Å²) in [6.07, 6.45) is 2.11. The zero-order valence-electron chi connectivity index (χ0n) is 17.6. The lowest BCUT2D eigenvalue weighted by atomic mass is 10.0. The largest absolute Gasteiger partial charge is 0.331 e. The lowest BCUT2D eigenvalue weighted by Gasteiger charge is -2.09.